The number of amides is 3. The number of phenols is 1. The predicted octanol–water partition coefficient (Wildman–Crippen LogP) is 1.86. The van der Waals surface area contributed by atoms with Gasteiger partial charge in [0.2, 0.25) is 0 Å². The molecular weight excluding hydrogens is 516 g/mol. The maximum atomic E-state index is 12.7. The number of hydrogen-bond acceptors (Lipinski definition) is 7. The predicted molar refractivity (Wildman–Crippen MR) is 136 cm³/mol. The SMILES string of the molecule is O=C(NCc1cccc(O)c1)c1ccc(C(=O)N[C@@H](CNC(=O)c2ccc3[nH]nnc3c2)C(=O)O)c(Cl)c1. The van der Waals surface area contributed by atoms with Gasteiger partial charge in [-0.15, -0.1) is 5.10 Å². The van der Waals surface area contributed by atoms with Gasteiger partial charge >= 0.3 is 5.97 Å². The summed E-state index contributed by atoms with van der Waals surface area (Å²) in [7, 11) is 0. The largest absolute Gasteiger partial charge is 0.508 e. The second kappa shape index (κ2) is 11.4. The Morgan fingerprint density at radius 2 is 1.66 bits per heavy atom. The molecule has 0 aliphatic carbocycles. The Hall–Kier alpha value is -4.97. The number of carboxylic acid groups (broad SMARTS) is 1. The van der Waals surface area contributed by atoms with Gasteiger partial charge in [-0.2, -0.15) is 0 Å². The van der Waals surface area contributed by atoms with E-state index in [4.69, 9.17) is 11.6 Å². The van der Waals surface area contributed by atoms with Gasteiger partial charge in [0.25, 0.3) is 17.7 Å². The Bertz CT molecular complexity index is 1540. The van der Waals surface area contributed by atoms with Crippen LogP contribution in [0.15, 0.2) is 60.7 Å². The number of carbonyl (C=O) groups is 4. The molecule has 1 heterocycles. The van der Waals surface area contributed by atoms with Gasteiger partial charge in [0, 0.05) is 24.2 Å². The van der Waals surface area contributed by atoms with Gasteiger partial charge in [-0.1, -0.05) is 28.9 Å². The van der Waals surface area contributed by atoms with Crippen LogP contribution in [0.2, 0.25) is 5.02 Å². The van der Waals surface area contributed by atoms with E-state index in [0.29, 0.717) is 16.6 Å². The molecule has 0 radical (unpaired) electrons. The van der Waals surface area contributed by atoms with Crippen LogP contribution in [0.1, 0.15) is 36.6 Å². The van der Waals surface area contributed by atoms with Crippen LogP contribution in [0.5, 0.6) is 5.75 Å². The minimum absolute atomic E-state index is 0.0507. The molecule has 13 heteroatoms. The summed E-state index contributed by atoms with van der Waals surface area (Å²) in [5.74, 6) is -3.12. The minimum Gasteiger partial charge on any atom is -0.508 e. The molecule has 38 heavy (non-hydrogen) atoms. The van der Waals surface area contributed by atoms with E-state index in [1.165, 1.54) is 42.5 Å². The maximum Gasteiger partial charge on any atom is 0.328 e. The highest BCUT2D eigenvalue weighted by Crippen LogP contribution is 2.19. The summed E-state index contributed by atoms with van der Waals surface area (Å²) in [5.41, 5.74) is 2.15. The molecule has 1 aromatic heterocycles. The van der Waals surface area contributed by atoms with Crippen molar-refractivity contribution in [2.75, 3.05) is 6.54 Å². The van der Waals surface area contributed by atoms with E-state index in [-0.39, 0.29) is 34.0 Å². The zero-order valence-electron chi connectivity index (χ0n) is 19.6. The van der Waals surface area contributed by atoms with Crippen molar-refractivity contribution in [2.24, 2.45) is 0 Å². The summed E-state index contributed by atoms with van der Waals surface area (Å²) < 4.78 is 0. The van der Waals surface area contributed by atoms with Gasteiger partial charge in [-0.05, 0) is 54.1 Å². The third-order valence-electron chi connectivity index (χ3n) is 5.50. The fraction of sp³-hybridized carbons (Fsp3) is 0.120. The Morgan fingerprint density at radius 1 is 0.921 bits per heavy atom. The number of aliphatic carboxylic acids is 1. The first kappa shape index (κ1) is 26.1. The number of nitrogens with zero attached hydrogens (tertiary/aromatic N) is 2. The van der Waals surface area contributed by atoms with E-state index in [1.807, 2.05) is 0 Å². The summed E-state index contributed by atoms with van der Waals surface area (Å²) in [6.45, 7) is -0.241. The van der Waals surface area contributed by atoms with Gasteiger partial charge in [0.1, 0.15) is 17.3 Å². The number of carboxylic acids is 1. The molecule has 0 aliphatic rings. The topological polar surface area (TPSA) is 186 Å². The summed E-state index contributed by atoms with van der Waals surface area (Å²) in [6, 6.07) is 13.5. The van der Waals surface area contributed by atoms with Gasteiger partial charge in [0.05, 0.1) is 16.1 Å². The van der Waals surface area contributed by atoms with E-state index >= 15 is 0 Å². The Morgan fingerprint density at radius 3 is 2.39 bits per heavy atom. The van der Waals surface area contributed by atoms with Crippen LogP contribution in [0.4, 0.5) is 0 Å². The fourth-order valence-corrected chi connectivity index (χ4v) is 3.77. The van der Waals surface area contributed by atoms with Gasteiger partial charge in [-0.3, -0.25) is 19.5 Å². The number of benzene rings is 3. The lowest BCUT2D eigenvalue weighted by Gasteiger charge is -2.16. The molecule has 0 spiro atoms. The van der Waals surface area contributed by atoms with E-state index in [0.717, 1.165) is 0 Å². The number of halogens is 1. The number of hydrogen-bond donors (Lipinski definition) is 6. The highest BCUT2D eigenvalue weighted by molar-refractivity contribution is 6.34. The van der Waals surface area contributed by atoms with Gasteiger partial charge in [0.15, 0.2) is 0 Å². The lowest BCUT2D eigenvalue weighted by molar-refractivity contribution is -0.139. The monoisotopic (exact) mass is 536 g/mol. The van der Waals surface area contributed by atoms with Gasteiger partial charge in [-0.25, -0.2) is 4.79 Å². The molecule has 12 nitrogen and oxygen atoms in total. The summed E-state index contributed by atoms with van der Waals surface area (Å²) in [6.07, 6.45) is 0. The third-order valence-corrected chi connectivity index (χ3v) is 5.81. The number of phenolic OH excluding ortho intramolecular Hbond substituents is 1. The van der Waals surface area contributed by atoms with E-state index in [2.05, 4.69) is 31.4 Å². The van der Waals surface area contributed by atoms with Crippen LogP contribution in [-0.2, 0) is 11.3 Å². The van der Waals surface area contributed by atoms with Crippen LogP contribution in [0.3, 0.4) is 0 Å². The van der Waals surface area contributed by atoms with Crippen LogP contribution in [-0.4, -0.2) is 61.9 Å². The van der Waals surface area contributed by atoms with Crippen molar-refractivity contribution >= 4 is 46.3 Å². The number of carbonyl (C=O) groups excluding carboxylic acids is 3. The second-order valence-corrected chi connectivity index (χ2v) is 8.57. The van der Waals surface area contributed by atoms with E-state index in [9.17, 15) is 29.4 Å². The molecule has 194 valence electrons. The molecule has 4 rings (SSSR count). The average molecular weight is 537 g/mol. The minimum atomic E-state index is -1.46. The zero-order chi connectivity index (χ0) is 27.2. The van der Waals surface area contributed by atoms with Crippen LogP contribution >= 0.6 is 11.6 Å². The first-order chi connectivity index (χ1) is 18.2. The molecule has 0 aliphatic heterocycles. The fourth-order valence-electron chi connectivity index (χ4n) is 3.51. The Kier molecular flexibility index (Phi) is 7.83. The number of nitrogens with one attached hydrogen (secondary N) is 4. The molecule has 0 unspecified atom stereocenters. The average Bonchev–Trinajstić information content (AvgIpc) is 3.37. The molecule has 0 fully saturated rings. The van der Waals surface area contributed by atoms with Crippen molar-refractivity contribution < 1.29 is 29.4 Å². The highest BCUT2D eigenvalue weighted by atomic mass is 35.5. The molecule has 0 saturated heterocycles. The number of aromatic hydroxyl groups is 1. The lowest BCUT2D eigenvalue weighted by Crippen LogP contribution is -2.48. The molecule has 3 aromatic carbocycles. The molecule has 1 atom stereocenters. The molecule has 4 aromatic rings. The normalized spacial score (nSPS) is 11.5. The standard InChI is InChI=1S/C25H21ClN6O6/c26-18-9-14(22(34)27-11-13-2-1-3-16(33)8-13)4-6-17(18)24(36)29-21(25(37)38)12-28-23(35)15-5-7-19-20(10-15)31-32-30-19/h1-10,21,33H,11-12H2,(H,27,34)(H,28,35)(H,29,36)(H,37,38)(H,30,31,32)/t21-/m0/s1. The van der Waals surface area contributed by atoms with Crippen LogP contribution < -0.4 is 16.0 Å². The number of fused-ring (bicyclic) bond motifs is 1. The number of aromatic amines is 1. The van der Waals surface area contributed by atoms with Crippen molar-refractivity contribution in [2.45, 2.75) is 12.6 Å². The van der Waals surface area contributed by atoms with Crippen LogP contribution in [0.25, 0.3) is 11.0 Å². The first-order valence-corrected chi connectivity index (χ1v) is 11.6. The van der Waals surface area contributed by atoms with Gasteiger partial charge < -0.3 is 26.2 Å². The van der Waals surface area contributed by atoms with Crippen molar-refractivity contribution in [1.82, 2.24) is 31.4 Å². The zero-order valence-corrected chi connectivity index (χ0v) is 20.3. The lowest BCUT2D eigenvalue weighted by atomic mass is 10.1. The van der Waals surface area contributed by atoms with Crippen molar-refractivity contribution in [1.29, 1.82) is 0 Å². The number of rotatable bonds is 9. The first-order valence-electron chi connectivity index (χ1n) is 11.2. The molecule has 3 amide bonds. The Labute approximate surface area is 220 Å². The molecule has 0 bridgehead atoms. The van der Waals surface area contributed by atoms with E-state index in [1.54, 1.807) is 18.2 Å². The van der Waals surface area contributed by atoms with Crippen LogP contribution in [0, 0.1) is 0 Å². The van der Waals surface area contributed by atoms with E-state index < -0.39 is 36.3 Å². The van der Waals surface area contributed by atoms with Crippen molar-refractivity contribution in [3.63, 3.8) is 0 Å². The van der Waals surface area contributed by atoms with Crippen molar-refractivity contribution in [3.05, 3.63) is 87.9 Å². The molecule has 0 saturated carbocycles. The number of H-pyrrole nitrogens is 1. The number of aromatic nitrogens is 3. The quantitative estimate of drug-likeness (QED) is 0.187. The Balaban J connectivity index is 1.36. The maximum absolute atomic E-state index is 12.7. The summed E-state index contributed by atoms with van der Waals surface area (Å²) in [5, 5.41) is 36.6. The molecule has 6 N–H and O–H groups in total. The smallest absolute Gasteiger partial charge is 0.328 e. The van der Waals surface area contributed by atoms with Crippen molar-refractivity contribution in [3.8, 4) is 5.75 Å². The third kappa shape index (κ3) is 6.23. The molecular formula is C25H21ClN6O6. The highest BCUT2D eigenvalue weighted by Gasteiger charge is 2.23. The summed E-state index contributed by atoms with van der Waals surface area (Å²) in [4.78, 5) is 49.4. The summed E-state index contributed by atoms with van der Waals surface area (Å²) >= 11 is 6.21. The second-order valence-electron chi connectivity index (χ2n) is 8.17.